The minimum absolute atomic E-state index is 0.0536. The van der Waals surface area contributed by atoms with Crippen LogP contribution in [0.15, 0.2) is 47.4 Å². The van der Waals surface area contributed by atoms with Crippen LogP contribution in [0.3, 0.4) is 0 Å². The number of rotatable bonds is 11. The number of unbranched alkanes of at least 4 members (excludes halogenated alkanes) is 1. The van der Waals surface area contributed by atoms with Gasteiger partial charge in [-0.3, -0.25) is 9.59 Å². The minimum Gasteiger partial charge on any atom is -0.341 e. The largest absolute Gasteiger partial charge is 0.341 e. The quantitative estimate of drug-likeness (QED) is 0.300. The molecule has 0 aliphatic carbocycles. The van der Waals surface area contributed by atoms with Crippen LogP contribution in [0, 0.1) is 11.3 Å². The number of hydrogen-bond donors (Lipinski definition) is 3. The lowest BCUT2D eigenvalue weighted by atomic mass is 9.82. The lowest BCUT2D eigenvalue weighted by Gasteiger charge is -2.34. The van der Waals surface area contributed by atoms with Gasteiger partial charge < -0.3 is 16.4 Å². The zero-order valence-electron chi connectivity index (χ0n) is 22.3. The van der Waals surface area contributed by atoms with Gasteiger partial charge in [0.1, 0.15) is 11.8 Å². The highest BCUT2D eigenvalue weighted by molar-refractivity contribution is 7.89. The Kier molecular flexibility index (Phi) is 9.86. The number of amides is 1. The molecule has 3 rings (SSSR count). The number of piperidine rings is 1. The molecule has 1 heterocycles. The van der Waals surface area contributed by atoms with Crippen molar-refractivity contribution in [2.75, 3.05) is 13.1 Å². The van der Waals surface area contributed by atoms with Crippen molar-refractivity contribution in [3.05, 3.63) is 42.5 Å². The normalized spacial score (nSPS) is 16.3. The summed E-state index contributed by atoms with van der Waals surface area (Å²) in [6.45, 7) is 7.04. The van der Waals surface area contributed by atoms with E-state index in [9.17, 15) is 18.0 Å². The monoisotopic (exact) mass is 530 g/mol. The Hall–Kier alpha value is -2.33. The van der Waals surface area contributed by atoms with E-state index in [1.54, 1.807) is 23.1 Å². The molecule has 8 nitrogen and oxygen atoms in total. The lowest BCUT2D eigenvalue weighted by molar-refractivity contribution is -0.137. The van der Waals surface area contributed by atoms with Crippen LogP contribution >= 0.6 is 0 Å². The van der Waals surface area contributed by atoms with Crippen LogP contribution in [0.25, 0.3) is 10.8 Å². The van der Waals surface area contributed by atoms with E-state index < -0.39 is 22.2 Å². The molecule has 1 atom stereocenters. The first-order valence-corrected chi connectivity index (χ1v) is 14.7. The van der Waals surface area contributed by atoms with E-state index in [0.29, 0.717) is 58.0 Å². The van der Waals surface area contributed by atoms with Gasteiger partial charge in [0, 0.05) is 25.4 Å². The van der Waals surface area contributed by atoms with Crippen LogP contribution in [0.4, 0.5) is 0 Å². The number of likely N-dealkylation sites (tertiary alicyclic amines) is 1. The van der Waals surface area contributed by atoms with Crippen molar-refractivity contribution in [1.82, 2.24) is 9.62 Å². The van der Waals surface area contributed by atoms with Gasteiger partial charge in [0.2, 0.25) is 15.9 Å². The Balaban J connectivity index is 1.71. The number of nitrogens with zero attached hydrogens (tertiary/aromatic N) is 1. The molecule has 1 fully saturated rings. The first-order valence-electron chi connectivity index (χ1n) is 13.2. The molecule has 9 heteroatoms. The minimum atomic E-state index is -3.93. The third kappa shape index (κ3) is 8.60. The highest BCUT2D eigenvalue weighted by Crippen LogP contribution is 2.27. The van der Waals surface area contributed by atoms with Crippen molar-refractivity contribution in [3.63, 3.8) is 0 Å². The number of nitrogens with one attached hydrogen (secondary N) is 1. The number of fused-ring (bicyclic) bond motifs is 1. The van der Waals surface area contributed by atoms with E-state index in [-0.39, 0.29) is 27.9 Å². The summed E-state index contributed by atoms with van der Waals surface area (Å²) in [5, 5.41) is 1.75. The molecule has 0 spiro atoms. The lowest BCUT2D eigenvalue weighted by Crippen LogP contribution is -2.51. The molecular weight excluding hydrogens is 488 g/mol. The van der Waals surface area contributed by atoms with Gasteiger partial charge in [-0.05, 0) is 54.0 Å². The fraction of sp³-hybridized carbons (Fsp3) is 0.571. The molecule has 1 aliphatic heterocycles. The van der Waals surface area contributed by atoms with Gasteiger partial charge >= 0.3 is 0 Å². The second-order valence-electron chi connectivity index (χ2n) is 11.4. The van der Waals surface area contributed by atoms with Crippen molar-refractivity contribution < 1.29 is 18.0 Å². The van der Waals surface area contributed by atoms with Crippen LogP contribution < -0.4 is 16.2 Å². The van der Waals surface area contributed by atoms with Gasteiger partial charge in [-0.15, -0.1) is 0 Å². The predicted octanol–water partition coefficient (Wildman–Crippen LogP) is 3.53. The van der Waals surface area contributed by atoms with Crippen LogP contribution in [0.1, 0.15) is 65.7 Å². The van der Waals surface area contributed by atoms with Crippen LogP contribution in [-0.2, 0) is 19.6 Å². The third-order valence-electron chi connectivity index (χ3n) is 6.87. The van der Waals surface area contributed by atoms with Gasteiger partial charge in [0.05, 0.1) is 11.1 Å². The molecule has 2 aromatic carbocycles. The number of benzene rings is 2. The number of Topliss-reactive ketones (excluding diaryl/α,β-unsaturated/α-hetero) is 1. The Bertz CT molecular complexity index is 1180. The van der Waals surface area contributed by atoms with Crippen LogP contribution in [0.2, 0.25) is 0 Å². The SMILES string of the molecule is CC(C)(C)CC(=O)C1CCN(C(=O)[C@H](CCCCC(N)N)NS(=O)(=O)c2ccc3ccccc3c2)CC1. The summed E-state index contributed by atoms with van der Waals surface area (Å²) in [6.07, 6.45) is 3.54. The van der Waals surface area contributed by atoms with Crippen molar-refractivity contribution in [3.8, 4) is 0 Å². The molecule has 5 N–H and O–H groups in total. The second-order valence-corrected chi connectivity index (χ2v) is 13.1. The molecule has 0 radical (unpaired) electrons. The molecule has 1 amide bonds. The van der Waals surface area contributed by atoms with E-state index in [2.05, 4.69) is 4.72 Å². The van der Waals surface area contributed by atoms with Gasteiger partial charge in [-0.25, -0.2) is 8.42 Å². The number of ketones is 1. The number of carbonyl (C=O) groups excluding carboxylic acids is 2. The molecule has 204 valence electrons. The highest BCUT2D eigenvalue weighted by Gasteiger charge is 2.33. The average Bonchev–Trinajstić information content (AvgIpc) is 2.84. The summed E-state index contributed by atoms with van der Waals surface area (Å²) in [5.74, 6) is -0.0588. The smallest absolute Gasteiger partial charge is 0.241 e. The van der Waals surface area contributed by atoms with Crippen molar-refractivity contribution >= 4 is 32.5 Å². The molecule has 0 saturated carbocycles. The molecule has 37 heavy (non-hydrogen) atoms. The Labute approximate surface area is 221 Å². The third-order valence-corrected chi connectivity index (χ3v) is 8.34. The maximum absolute atomic E-state index is 13.5. The summed E-state index contributed by atoms with van der Waals surface area (Å²) in [5.41, 5.74) is 11.2. The van der Waals surface area contributed by atoms with E-state index in [1.807, 2.05) is 45.0 Å². The standard InChI is InChI=1S/C28H42N4O4S/c1-28(2,3)19-25(33)21-14-16-32(17-15-21)27(34)24(10-6-7-11-26(29)30)31-37(35,36)23-13-12-20-8-4-5-9-22(20)18-23/h4-5,8-9,12-13,18,21,24,26,31H,6-7,10-11,14-17,19,29-30H2,1-3H3/t24-/m0/s1. The summed E-state index contributed by atoms with van der Waals surface area (Å²) >= 11 is 0. The average molecular weight is 531 g/mol. The van der Waals surface area contributed by atoms with Crippen LogP contribution in [0.5, 0.6) is 0 Å². The van der Waals surface area contributed by atoms with Gasteiger partial charge in [-0.2, -0.15) is 4.72 Å². The number of carbonyl (C=O) groups is 2. The summed E-state index contributed by atoms with van der Waals surface area (Å²) in [7, 11) is -3.93. The molecule has 1 saturated heterocycles. The Morgan fingerprint density at radius 2 is 1.62 bits per heavy atom. The van der Waals surface area contributed by atoms with Crippen molar-refractivity contribution in [2.24, 2.45) is 22.8 Å². The predicted molar refractivity (Wildman–Crippen MR) is 147 cm³/mol. The van der Waals surface area contributed by atoms with Gasteiger partial charge in [0.15, 0.2) is 0 Å². The van der Waals surface area contributed by atoms with Gasteiger partial charge in [0.25, 0.3) is 0 Å². The molecule has 1 aliphatic rings. The first-order chi connectivity index (χ1) is 17.4. The molecule has 2 aromatic rings. The molecular formula is C28H42N4O4S. The van der Waals surface area contributed by atoms with Gasteiger partial charge in [-0.1, -0.05) is 63.9 Å². The summed E-state index contributed by atoms with van der Waals surface area (Å²) in [6, 6.07) is 11.6. The zero-order valence-corrected chi connectivity index (χ0v) is 23.1. The Morgan fingerprint density at radius 3 is 2.24 bits per heavy atom. The number of nitrogens with two attached hydrogens (primary N) is 2. The van der Waals surface area contributed by atoms with Crippen molar-refractivity contribution in [2.45, 2.75) is 82.8 Å². The van der Waals surface area contributed by atoms with Crippen LogP contribution in [-0.4, -0.2) is 50.3 Å². The maximum Gasteiger partial charge on any atom is 0.241 e. The van der Waals surface area contributed by atoms with E-state index in [0.717, 1.165) is 10.8 Å². The fourth-order valence-electron chi connectivity index (χ4n) is 4.86. The van der Waals surface area contributed by atoms with Crippen molar-refractivity contribution in [1.29, 1.82) is 0 Å². The maximum atomic E-state index is 13.5. The van der Waals surface area contributed by atoms with E-state index in [1.165, 1.54) is 0 Å². The number of hydrogen-bond acceptors (Lipinski definition) is 6. The fourth-order valence-corrected chi connectivity index (χ4v) is 6.12. The summed E-state index contributed by atoms with van der Waals surface area (Å²) in [4.78, 5) is 28.0. The Morgan fingerprint density at radius 1 is 1.00 bits per heavy atom. The molecule has 0 aromatic heterocycles. The van der Waals surface area contributed by atoms with E-state index in [4.69, 9.17) is 11.5 Å². The topological polar surface area (TPSA) is 136 Å². The number of sulfonamides is 1. The second kappa shape index (κ2) is 12.5. The summed E-state index contributed by atoms with van der Waals surface area (Å²) < 4.78 is 29.3. The zero-order chi connectivity index (χ0) is 27.2. The van der Waals surface area contributed by atoms with E-state index >= 15 is 0 Å². The molecule has 0 bridgehead atoms. The highest BCUT2D eigenvalue weighted by atomic mass is 32.2. The first kappa shape index (κ1) is 29.2. The molecule has 0 unspecified atom stereocenters.